The third kappa shape index (κ3) is 2.88. The molecular weight excluding hydrogens is 286 g/mol. The number of sulfonamides is 1. The summed E-state index contributed by atoms with van der Waals surface area (Å²) in [5.41, 5.74) is 5.86. The molecule has 0 saturated heterocycles. The minimum atomic E-state index is -3.96. The zero-order chi connectivity index (χ0) is 14.9. The van der Waals surface area contributed by atoms with Crippen LogP contribution in [0.1, 0.15) is 5.56 Å². The Bertz CT molecular complexity index is 761. The predicted molar refractivity (Wildman–Crippen MR) is 72.8 cm³/mol. The number of nitrogens with one attached hydrogen (secondary N) is 1. The molecule has 2 aromatic rings. The van der Waals surface area contributed by atoms with Crippen molar-refractivity contribution in [2.75, 3.05) is 10.5 Å². The van der Waals surface area contributed by atoms with Gasteiger partial charge in [0.15, 0.2) is 0 Å². The van der Waals surface area contributed by atoms with Crippen LogP contribution >= 0.6 is 0 Å². The van der Waals surface area contributed by atoms with Crippen molar-refractivity contribution >= 4 is 21.4 Å². The Kier molecular flexibility index (Phi) is 3.63. The molecule has 0 radical (unpaired) electrons. The first-order valence-electron chi connectivity index (χ1n) is 5.63. The molecule has 0 aliphatic rings. The van der Waals surface area contributed by atoms with Crippen molar-refractivity contribution in [3.8, 4) is 0 Å². The van der Waals surface area contributed by atoms with Crippen LogP contribution in [0.25, 0.3) is 0 Å². The minimum absolute atomic E-state index is 0.0614. The first-order valence-corrected chi connectivity index (χ1v) is 7.12. The fourth-order valence-electron chi connectivity index (χ4n) is 1.73. The molecule has 0 heterocycles. The van der Waals surface area contributed by atoms with E-state index in [1.54, 1.807) is 0 Å². The Hall–Kier alpha value is -2.15. The second kappa shape index (κ2) is 5.09. The first kappa shape index (κ1) is 14.3. The highest BCUT2D eigenvalue weighted by molar-refractivity contribution is 7.92. The summed E-state index contributed by atoms with van der Waals surface area (Å²) in [4.78, 5) is -0.0949. The molecule has 0 atom stereocenters. The Labute approximate surface area is 115 Å². The van der Waals surface area contributed by atoms with E-state index in [9.17, 15) is 17.2 Å². The second-order valence-electron chi connectivity index (χ2n) is 4.25. The topological polar surface area (TPSA) is 72.2 Å². The number of aryl methyl sites for hydroxylation is 1. The Morgan fingerprint density at radius 1 is 1.05 bits per heavy atom. The molecule has 7 heteroatoms. The van der Waals surface area contributed by atoms with Gasteiger partial charge in [-0.15, -0.1) is 0 Å². The number of rotatable bonds is 3. The van der Waals surface area contributed by atoms with Gasteiger partial charge in [0, 0.05) is 6.07 Å². The van der Waals surface area contributed by atoms with Gasteiger partial charge in [0.1, 0.15) is 11.6 Å². The van der Waals surface area contributed by atoms with E-state index in [2.05, 4.69) is 4.72 Å². The van der Waals surface area contributed by atoms with Crippen LogP contribution in [0.15, 0.2) is 41.3 Å². The fourth-order valence-corrected chi connectivity index (χ4v) is 3.04. The summed E-state index contributed by atoms with van der Waals surface area (Å²) in [6, 6.07) is 6.63. The molecule has 106 valence electrons. The van der Waals surface area contributed by atoms with Crippen molar-refractivity contribution in [1.82, 2.24) is 0 Å². The molecule has 2 rings (SSSR count). The summed E-state index contributed by atoms with van der Waals surface area (Å²) >= 11 is 0. The number of benzene rings is 2. The summed E-state index contributed by atoms with van der Waals surface area (Å²) in [5.74, 6) is -1.15. The van der Waals surface area contributed by atoms with Crippen molar-refractivity contribution in [3.05, 3.63) is 53.6 Å². The van der Waals surface area contributed by atoms with Gasteiger partial charge in [-0.25, -0.2) is 17.2 Å². The number of nitrogen functional groups attached to an aromatic ring is 1. The summed E-state index contributed by atoms with van der Waals surface area (Å²) in [7, 11) is -3.96. The van der Waals surface area contributed by atoms with Crippen LogP contribution in [0.5, 0.6) is 0 Å². The second-order valence-corrected chi connectivity index (χ2v) is 5.90. The van der Waals surface area contributed by atoms with Gasteiger partial charge in [0.2, 0.25) is 0 Å². The van der Waals surface area contributed by atoms with Crippen LogP contribution in [0.3, 0.4) is 0 Å². The third-order valence-electron chi connectivity index (χ3n) is 2.69. The molecule has 0 spiro atoms. The van der Waals surface area contributed by atoms with Crippen molar-refractivity contribution in [2.45, 2.75) is 11.8 Å². The van der Waals surface area contributed by atoms with Gasteiger partial charge in [0.05, 0.1) is 16.3 Å². The summed E-state index contributed by atoms with van der Waals surface area (Å²) in [6.07, 6.45) is 0. The van der Waals surface area contributed by atoms with Gasteiger partial charge in [-0.1, -0.05) is 0 Å². The van der Waals surface area contributed by atoms with Crippen LogP contribution in [-0.4, -0.2) is 8.42 Å². The molecule has 2 aromatic carbocycles. The molecule has 0 fully saturated rings. The van der Waals surface area contributed by atoms with E-state index in [1.165, 1.54) is 13.0 Å². The lowest BCUT2D eigenvalue weighted by atomic mass is 10.2. The molecule has 20 heavy (non-hydrogen) atoms. The maximum absolute atomic E-state index is 13.1. The molecule has 0 saturated carbocycles. The van der Waals surface area contributed by atoms with Gasteiger partial charge in [0.25, 0.3) is 10.0 Å². The fraction of sp³-hybridized carbons (Fsp3) is 0.0769. The Morgan fingerprint density at radius 2 is 1.65 bits per heavy atom. The Morgan fingerprint density at radius 3 is 2.30 bits per heavy atom. The van der Waals surface area contributed by atoms with Gasteiger partial charge >= 0.3 is 0 Å². The molecule has 0 bridgehead atoms. The summed E-state index contributed by atoms with van der Waals surface area (Å²) < 4.78 is 52.7. The van der Waals surface area contributed by atoms with Crippen molar-refractivity contribution in [2.24, 2.45) is 0 Å². The molecular formula is C13H12F2N2O2S. The van der Waals surface area contributed by atoms with E-state index >= 15 is 0 Å². The molecule has 0 amide bonds. The number of hydrogen-bond acceptors (Lipinski definition) is 3. The molecule has 0 aliphatic heterocycles. The van der Waals surface area contributed by atoms with E-state index in [1.807, 2.05) is 0 Å². The van der Waals surface area contributed by atoms with Gasteiger partial charge in [-0.2, -0.15) is 0 Å². The van der Waals surface area contributed by atoms with Crippen LogP contribution in [-0.2, 0) is 10.0 Å². The van der Waals surface area contributed by atoms with Crippen LogP contribution < -0.4 is 10.5 Å². The summed E-state index contributed by atoms with van der Waals surface area (Å²) in [6.45, 7) is 1.46. The smallest absolute Gasteiger partial charge is 0.262 e. The SMILES string of the molecule is Cc1cc(F)ccc1S(=O)(=O)Nc1cc(F)ccc1N. The first-order chi connectivity index (χ1) is 9.29. The van der Waals surface area contributed by atoms with Crippen LogP contribution in [0.4, 0.5) is 20.2 Å². The normalized spacial score (nSPS) is 11.3. The monoisotopic (exact) mass is 298 g/mol. The van der Waals surface area contributed by atoms with Gasteiger partial charge in [-0.05, 0) is 42.8 Å². The number of nitrogens with two attached hydrogens (primary N) is 1. The predicted octanol–water partition coefficient (Wildman–Crippen LogP) is 2.66. The van der Waals surface area contributed by atoms with Gasteiger partial charge in [-0.3, -0.25) is 4.72 Å². The van der Waals surface area contributed by atoms with E-state index in [0.717, 1.165) is 30.3 Å². The quantitative estimate of drug-likeness (QED) is 0.856. The van der Waals surface area contributed by atoms with Crippen molar-refractivity contribution < 1.29 is 17.2 Å². The largest absolute Gasteiger partial charge is 0.397 e. The van der Waals surface area contributed by atoms with E-state index < -0.39 is 21.7 Å². The standard InChI is InChI=1S/C13H12F2N2O2S/c1-8-6-9(14)3-5-13(8)20(18,19)17-12-7-10(15)2-4-11(12)16/h2-7,17H,16H2,1H3. The molecule has 4 nitrogen and oxygen atoms in total. The lowest BCUT2D eigenvalue weighted by Crippen LogP contribution is -2.15. The zero-order valence-corrected chi connectivity index (χ0v) is 11.3. The number of hydrogen-bond donors (Lipinski definition) is 2. The lowest BCUT2D eigenvalue weighted by molar-refractivity contribution is 0.598. The molecule has 0 unspecified atom stereocenters. The lowest BCUT2D eigenvalue weighted by Gasteiger charge is -2.12. The zero-order valence-electron chi connectivity index (χ0n) is 10.5. The third-order valence-corrected chi connectivity index (χ3v) is 4.21. The Balaban J connectivity index is 2.43. The summed E-state index contributed by atoms with van der Waals surface area (Å²) in [5, 5.41) is 0. The highest BCUT2D eigenvalue weighted by atomic mass is 32.2. The van der Waals surface area contributed by atoms with E-state index in [4.69, 9.17) is 5.73 Å². The molecule has 0 aromatic heterocycles. The number of halogens is 2. The van der Waals surface area contributed by atoms with Crippen LogP contribution in [0.2, 0.25) is 0 Å². The highest BCUT2D eigenvalue weighted by Crippen LogP contribution is 2.24. The molecule has 0 aliphatic carbocycles. The maximum Gasteiger partial charge on any atom is 0.262 e. The van der Waals surface area contributed by atoms with E-state index in [0.29, 0.717) is 0 Å². The van der Waals surface area contributed by atoms with Crippen LogP contribution in [0, 0.1) is 18.6 Å². The highest BCUT2D eigenvalue weighted by Gasteiger charge is 2.18. The van der Waals surface area contributed by atoms with Crippen molar-refractivity contribution in [1.29, 1.82) is 0 Å². The molecule has 3 N–H and O–H groups in total. The number of anilines is 2. The average molecular weight is 298 g/mol. The van der Waals surface area contributed by atoms with Crippen molar-refractivity contribution in [3.63, 3.8) is 0 Å². The maximum atomic E-state index is 13.1. The van der Waals surface area contributed by atoms with Gasteiger partial charge < -0.3 is 5.73 Å². The minimum Gasteiger partial charge on any atom is -0.397 e. The average Bonchev–Trinajstić information content (AvgIpc) is 2.33. The van der Waals surface area contributed by atoms with E-state index in [-0.39, 0.29) is 21.8 Å².